The van der Waals surface area contributed by atoms with Crippen molar-refractivity contribution in [2.24, 2.45) is 24.8 Å². The quantitative estimate of drug-likeness (QED) is 0.865. The molecule has 104 valence electrons. The summed E-state index contributed by atoms with van der Waals surface area (Å²) in [5.74, 6) is 1.79. The molecule has 1 saturated heterocycles. The van der Waals surface area contributed by atoms with Crippen LogP contribution in [0.5, 0.6) is 0 Å². The van der Waals surface area contributed by atoms with E-state index in [0.29, 0.717) is 24.9 Å². The minimum Gasteiger partial charge on any atom is -0.481 e. The van der Waals surface area contributed by atoms with Crippen LogP contribution in [0.15, 0.2) is 0 Å². The molecule has 0 unspecified atom stereocenters. The molecule has 1 N–H and O–H groups in total. The largest absolute Gasteiger partial charge is 0.481 e. The number of carboxylic acid groups (broad SMARTS) is 1. The van der Waals surface area contributed by atoms with Gasteiger partial charge in [-0.1, -0.05) is 0 Å². The zero-order valence-electron chi connectivity index (χ0n) is 11.4. The van der Waals surface area contributed by atoms with Crippen molar-refractivity contribution >= 4 is 5.97 Å². The van der Waals surface area contributed by atoms with Crippen LogP contribution in [0.3, 0.4) is 0 Å². The summed E-state index contributed by atoms with van der Waals surface area (Å²) in [6, 6.07) is 0. The highest BCUT2D eigenvalue weighted by Gasteiger charge is 2.45. The van der Waals surface area contributed by atoms with Crippen molar-refractivity contribution in [3.63, 3.8) is 0 Å². The Bertz CT molecular complexity index is 495. The molecule has 2 atom stereocenters. The Kier molecular flexibility index (Phi) is 3.05. The lowest BCUT2D eigenvalue weighted by Crippen LogP contribution is -2.24. The van der Waals surface area contributed by atoms with E-state index in [0.717, 1.165) is 18.2 Å². The number of aromatic nitrogens is 3. The van der Waals surface area contributed by atoms with Gasteiger partial charge in [0.05, 0.1) is 12.5 Å². The number of carboxylic acids is 1. The van der Waals surface area contributed by atoms with Gasteiger partial charge in [-0.25, -0.2) is 4.98 Å². The molecule has 1 aliphatic carbocycles. The highest BCUT2D eigenvalue weighted by atomic mass is 16.4. The minimum absolute atomic E-state index is 0.207. The summed E-state index contributed by atoms with van der Waals surface area (Å²) in [4.78, 5) is 18.0. The van der Waals surface area contributed by atoms with Crippen molar-refractivity contribution in [3.05, 3.63) is 11.6 Å². The summed E-state index contributed by atoms with van der Waals surface area (Å²) < 4.78 is 1.79. The Morgan fingerprint density at radius 2 is 2.16 bits per heavy atom. The number of aliphatic carboxylic acids is 1. The monoisotopic (exact) mass is 264 g/mol. The molecule has 2 aliphatic rings. The Morgan fingerprint density at radius 3 is 2.68 bits per heavy atom. The van der Waals surface area contributed by atoms with Gasteiger partial charge in [0.15, 0.2) is 0 Å². The molecule has 1 aliphatic heterocycles. The number of aryl methyl sites for hydroxylation is 2. The standard InChI is InChI=1S/C13H20N4O2/c1-8-14-12(16(2)15-8)7-17-5-10(9-3-4-9)11(6-17)13(18)19/h9-11H,3-7H2,1-2H3,(H,18,19)/t10-,11+/m1/s1. The minimum atomic E-state index is -0.645. The van der Waals surface area contributed by atoms with Crippen LogP contribution in [0.1, 0.15) is 24.5 Å². The molecule has 0 amide bonds. The van der Waals surface area contributed by atoms with E-state index >= 15 is 0 Å². The van der Waals surface area contributed by atoms with Gasteiger partial charge in [-0.15, -0.1) is 0 Å². The van der Waals surface area contributed by atoms with E-state index in [4.69, 9.17) is 0 Å². The fourth-order valence-corrected chi connectivity index (χ4v) is 3.20. The smallest absolute Gasteiger partial charge is 0.308 e. The summed E-state index contributed by atoms with van der Waals surface area (Å²) in [7, 11) is 1.89. The number of likely N-dealkylation sites (tertiary alicyclic amines) is 1. The predicted octanol–water partition coefficient (Wildman–Crippen LogP) is 0.666. The number of nitrogens with zero attached hydrogens (tertiary/aromatic N) is 4. The topological polar surface area (TPSA) is 71.2 Å². The van der Waals surface area contributed by atoms with E-state index in [1.165, 1.54) is 12.8 Å². The number of hydrogen-bond donors (Lipinski definition) is 1. The third-order valence-electron chi connectivity index (χ3n) is 4.31. The summed E-state index contributed by atoms with van der Waals surface area (Å²) in [5, 5.41) is 13.6. The van der Waals surface area contributed by atoms with Crippen molar-refractivity contribution < 1.29 is 9.90 Å². The first-order chi connectivity index (χ1) is 9.04. The molecule has 0 aromatic carbocycles. The van der Waals surface area contributed by atoms with Crippen LogP contribution in [0.2, 0.25) is 0 Å². The van der Waals surface area contributed by atoms with E-state index in [-0.39, 0.29) is 5.92 Å². The molecule has 6 nitrogen and oxygen atoms in total. The maximum atomic E-state index is 11.4. The van der Waals surface area contributed by atoms with Crippen molar-refractivity contribution in [1.29, 1.82) is 0 Å². The third-order valence-corrected chi connectivity index (χ3v) is 4.31. The Labute approximate surface area is 112 Å². The first-order valence-corrected chi connectivity index (χ1v) is 6.86. The van der Waals surface area contributed by atoms with E-state index in [1.807, 2.05) is 14.0 Å². The Balaban J connectivity index is 1.69. The van der Waals surface area contributed by atoms with Crippen LogP contribution in [-0.2, 0) is 18.4 Å². The van der Waals surface area contributed by atoms with E-state index in [9.17, 15) is 9.90 Å². The van der Waals surface area contributed by atoms with E-state index in [2.05, 4.69) is 15.0 Å². The fourth-order valence-electron chi connectivity index (χ4n) is 3.20. The van der Waals surface area contributed by atoms with Gasteiger partial charge in [0, 0.05) is 20.1 Å². The molecule has 0 bridgehead atoms. The molecule has 1 aromatic rings. The molecule has 2 heterocycles. The van der Waals surface area contributed by atoms with Gasteiger partial charge in [-0.2, -0.15) is 5.10 Å². The van der Waals surface area contributed by atoms with E-state index in [1.54, 1.807) is 4.68 Å². The molecule has 2 fully saturated rings. The molecule has 19 heavy (non-hydrogen) atoms. The van der Waals surface area contributed by atoms with Gasteiger partial charge in [-0.05, 0) is 31.6 Å². The van der Waals surface area contributed by atoms with Gasteiger partial charge >= 0.3 is 5.97 Å². The lowest BCUT2D eigenvalue weighted by Gasteiger charge is -2.14. The van der Waals surface area contributed by atoms with Crippen molar-refractivity contribution in [2.75, 3.05) is 13.1 Å². The molecule has 1 aromatic heterocycles. The maximum Gasteiger partial charge on any atom is 0.308 e. The molecule has 6 heteroatoms. The second kappa shape index (κ2) is 4.59. The molecule has 0 radical (unpaired) electrons. The van der Waals surface area contributed by atoms with Crippen LogP contribution < -0.4 is 0 Å². The number of rotatable bonds is 4. The summed E-state index contributed by atoms with van der Waals surface area (Å²) in [5.41, 5.74) is 0. The second-order valence-electron chi connectivity index (χ2n) is 5.84. The number of hydrogen-bond acceptors (Lipinski definition) is 4. The van der Waals surface area contributed by atoms with Crippen LogP contribution >= 0.6 is 0 Å². The average Bonchev–Trinajstić information content (AvgIpc) is 3.01. The normalized spacial score (nSPS) is 27.9. The van der Waals surface area contributed by atoms with Crippen molar-refractivity contribution in [2.45, 2.75) is 26.3 Å². The molecular weight excluding hydrogens is 244 g/mol. The lowest BCUT2D eigenvalue weighted by atomic mass is 9.92. The molecule has 0 spiro atoms. The van der Waals surface area contributed by atoms with E-state index < -0.39 is 5.97 Å². The van der Waals surface area contributed by atoms with Gasteiger partial charge in [0.1, 0.15) is 11.6 Å². The third kappa shape index (κ3) is 2.49. The van der Waals surface area contributed by atoms with Gasteiger partial charge in [-0.3, -0.25) is 14.4 Å². The van der Waals surface area contributed by atoms with Crippen LogP contribution in [-0.4, -0.2) is 43.8 Å². The fraction of sp³-hybridized carbons (Fsp3) is 0.769. The molecular formula is C13H20N4O2. The van der Waals surface area contributed by atoms with Crippen LogP contribution in [0.4, 0.5) is 0 Å². The van der Waals surface area contributed by atoms with Gasteiger partial charge in [0.2, 0.25) is 0 Å². The second-order valence-corrected chi connectivity index (χ2v) is 5.84. The van der Waals surface area contributed by atoms with Gasteiger partial charge in [0.25, 0.3) is 0 Å². The Morgan fingerprint density at radius 1 is 1.42 bits per heavy atom. The Hall–Kier alpha value is -1.43. The zero-order valence-corrected chi connectivity index (χ0v) is 11.4. The van der Waals surface area contributed by atoms with Gasteiger partial charge < -0.3 is 5.11 Å². The first-order valence-electron chi connectivity index (χ1n) is 6.86. The first kappa shape index (κ1) is 12.6. The summed E-state index contributed by atoms with van der Waals surface area (Å²) >= 11 is 0. The predicted molar refractivity (Wildman–Crippen MR) is 68.4 cm³/mol. The summed E-state index contributed by atoms with van der Waals surface area (Å²) in [6.45, 7) is 4.10. The number of carbonyl (C=O) groups is 1. The van der Waals surface area contributed by atoms with Crippen LogP contribution in [0, 0.1) is 24.7 Å². The van der Waals surface area contributed by atoms with Crippen molar-refractivity contribution in [1.82, 2.24) is 19.7 Å². The molecule has 1 saturated carbocycles. The van der Waals surface area contributed by atoms with Crippen LogP contribution in [0.25, 0.3) is 0 Å². The average molecular weight is 264 g/mol. The highest BCUT2D eigenvalue weighted by Crippen LogP contribution is 2.44. The highest BCUT2D eigenvalue weighted by molar-refractivity contribution is 5.71. The summed E-state index contributed by atoms with van der Waals surface area (Å²) in [6.07, 6.45) is 2.40. The molecule has 3 rings (SSSR count). The SMILES string of the molecule is Cc1nc(CN2C[C@H](C(=O)O)[C@@H](C3CC3)C2)n(C)n1. The lowest BCUT2D eigenvalue weighted by molar-refractivity contribution is -0.142. The maximum absolute atomic E-state index is 11.4. The van der Waals surface area contributed by atoms with Crippen molar-refractivity contribution in [3.8, 4) is 0 Å². The zero-order chi connectivity index (χ0) is 13.6.